The van der Waals surface area contributed by atoms with E-state index in [1.54, 1.807) is 0 Å². The zero-order chi connectivity index (χ0) is 16.7. The van der Waals surface area contributed by atoms with Gasteiger partial charge in [0.05, 0.1) is 6.26 Å². The number of sulfonamides is 1. The number of likely N-dealkylation sites (tertiary alicyclic amines) is 1. The highest BCUT2D eigenvalue weighted by Crippen LogP contribution is 2.42. The number of rotatable bonds is 5. The van der Waals surface area contributed by atoms with Crippen LogP contribution < -0.4 is 14.2 Å². The Morgan fingerprint density at radius 3 is 2.62 bits per heavy atom. The number of benzene rings is 1. The molecule has 0 amide bonds. The Morgan fingerprint density at radius 2 is 1.92 bits per heavy atom. The van der Waals surface area contributed by atoms with E-state index in [0.29, 0.717) is 25.0 Å². The fourth-order valence-electron chi connectivity index (χ4n) is 3.89. The molecule has 0 radical (unpaired) electrons. The van der Waals surface area contributed by atoms with Crippen LogP contribution in [0.4, 0.5) is 0 Å². The van der Waals surface area contributed by atoms with Crippen LogP contribution in [0.25, 0.3) is 0 Å². The standard InChI is InChI=1S/C17H24N2O4S/c1-24(20,21)18-15-11-19(10-14(15)13-3-4-13)9-12-2-5-16-17(8-12)23-7-6-22-16/h2,5,8,13-15,18H,3-4,6-7,9-11H2,1H3/t14-,15+/m0/s1. The molecule has 132 valence electrons. The van der Waals surface area contributed by atoms with Gasteiger partial charge in [-0.15, -0.1) is 0 Å². The van der Waals surface area contributed by atoms with E-state index in [-0.39, 0.29) is 6.04 Å². The summed E-state index contributed by atoms with van der Waals surface area (Å²) in [7, 11) is -3.17. The van der Waals surface area contributed by atoms with Crippen molar-refractivity contribution in [2.24, 2.45) is 11.8 Å². The molecule has 1 aliphatic carbocycles. The summed E-state index contributed by atoms with van der Waals surface area (Å²) in [6.07, 6.45) is 3.70. The van der Waals surface area contributed by atoms with Crippen LogP contribution >= 0.6 is 0 Å². The number of hydrogen-bond donors (Lipinski definition) is 1. The Kier molecular flexibility index (Phi) is 4.18. The molecule has 1 saturated heterocycles. The van der Waals surface area contributed by atoms with Gasteiger partial charge in [-0.2, -0.15) is 0 Å². The largest absolute Gasteiger partial charge is 0.486 e. The maximum absolute atomic E-state index is 11.6. The van der Waals surface area contributed by atoms with Gasteiger partial charge in [-0.25, -0.2) is 13.1 Å². The molecule has 1 aromatic rings. The van der Waals surface area contributed by atoms with E-state index in [9.17, 15) is 8.42 Å². The van der Waals surface area contributed by atoms with Gasteiger partial charge in [-0.3, -0.25) is 4.90 Å². The average molecular weight is 352 g/mol. The maximum Gasteiger partial charge on any atom is 0.209 e. The van der Waals surface area contributed by atoms with E-state index in [0.717, 1.165) is 31.1 Å². The van der Waals surface area contributed by atoms with Gasteiger partial charge in [0.25, 0.3) is 0 Å². The van der Waals surface area contributed by atoms with Crippen LogP contribution in [0, 0.1) is 11.8 Å². The van der Waals surface area contributed by atoms with Crippen LogP contribution in [0.1, 0.15) is 18.4 Å². The van der Waals surface area contributed by atoms with Crippen molar-refractivity contribution in [2.45, 2.75) is 25.4 Å². The van der Waals surface area contributed by atoms with Gasteiger partial charge in [0.15, 0.2) is 11.5 Å². The molecule has 2 atom stereocenters. The normalized spacial score (nSPS) is 27.4. The zero-order valence-corrected chi connectivity index (χ0v) is 14.7. The van der Waals surface area contributed by atoms with Crippen molar-refractivity contribution in [2.75, 3.05) is 32.6 Å². The summed E-state index contributed by atoms with van der Waals surface area (Å²) in [6.45, 7) is 3.71. The number of fused-ring (bicyclic) bond motifs is 1. The van der Waals surface area contributed by atoms with Gasteiger partial charge in [-0.05, 0) is 42.4 Å². The smallest absolute Gasteiger partial charge is 0.209 e. The summed E-state index contributed by atoms with van der Waals surface area (Å²) in [5.41, 5.74) is 1.17. The zero-order valence-electron chi connectivity index (χ0n) is 13.9. The first-order chi connectivity index (χ1) is 11.5. The van der Waals surface area contributed by atoms with Crippen molar-refractivity contribution in [3.05, 3.63) is 23.8 Å². The van der Waals surface area contributed by atoms with Crippen molar-refractivity contribution in [1.82, 2.24) is 9.62 Å². The highest BCUT2D eigenvalue weighted by atomic mass is 32.2. The van der Waals surface area contributed by atoms with Crippen LogP contribution in [-0.2, 0) is 16.6 Å². The molecule has 2 aliphatic heterocycles. The van der Waals surface area contributed by atoms with E-state index in [2.05, 4.69) is 15.7 Å². The molecule has 24 heavy (non-hydrogen) atoms. The summed E-state index contributed by atoms with van der Waals surface area (Å²) in [4.78, 5) is 2.34. The molecule has 6 nitrogen and oxygen atoms in total. The monoisotopic (exact) mass is 352 g/mol. The summed E-state index contributed by atoms with van der Waals surface area (Å²) >= 11 is 0. The summed E-state index contributed by atoms with van der Waals surface area (Å²) < 4.78 is 37.3. The molecule has 2 fully saturated rings. The predicted molar refractivity (Wildman–Crippen MR) is 90.7 cm³/mol. The van der Waals surface area contributed by atoms with Crippen LogP contribution in [-0.4, -0.2) is 51.9 Å². The van der Waals surface area contributed by atoms with Crippen molar-refractivity contribution in [3.8, 4) is 11.5 Å². The third-order valence-electron chi connectivity index (χ3n) is 5.05. The number of ether oxygens (including phenoxy) is 2. The van der Waals surface area contributed by atoms with E-state index < -0.39 is 10.0 Å². The second kappa shape index (κ2) is 6.20. The molecule has 7 heteroatoms. The van der Waals surface area contributed by atoms with Crippen LogP contribution in [0.15, 0.2) is 18.2 Å². The van der Waals surface area contributed by atoms with Crippen molar-refractivity contribution in [1.29, 1.82) is 0 Å². The number of hydrogen-bond acceptors (Lipinski definition) is 5. The highest BCUT2D eigenvalue weighted by molar-refractivity contribution is 7.88. The van der Waals surface area contributed by atoms with Crippen LogP contribution in [0.3, 0.4) is 0 Å². The molecule has 0 aromatic heterocycles. The molecule has 1 saturated carbocycles. The van der Waals surface area contributed by atoms with Crippen LogP contribution in [0.2, 0.25) is 0 Å². The molecule has 0 bridgehead atoms. The molecule has 1 aromatic carbocycles. The quantitative estimate of drug-likeness (QED) is 0.863. The van der Waals surface area contributed by atoms with Crippen molar-refractivity contribution in [3.63, 3.8) is 0 Å². The predicted octanol–water partition coefficient (Wildman–Crippen LogP) is 1.22. The summed E-state index contributed by atoms with van der Waals surface area (Å²) in [6, 6.07) is 6.10. The Morgan fingerprint density at radius 1 is 1.17 bits per heavy atom. The fourth-order valence-corrected chi connectivity index (χ4v) is 4.69. The van der Waals surface area contributed by atoms with E-state index in [1.165, 1.54) is 24.7 Å². The van der Waals surface area contributed by atoms with E-state index >= 15 is 0 Å². The minimum Gasteiger partial charge on any atom is -0.486 e. The SMILES string of the molecule is CS(=O)(=O)N[C@@H]1CN(Cc2ccc3c(c2)OCCO3)C[C@H]1C1CC1. The van der Waals surface area contributed by atoms with Gasteiger partial charge in [0.1, 0.15) is 13.2 Å². The molecular formula is C17H24N2O4S. The summed E-state index contributed by atoms with van der Waals surface area (Å²) in [5, 5.41) is 0. The Bertz CT molecular complexity index is 717. The highest BCUT2D eigenvalue weighted by Gasteiger charge is 2.43. The topological polar surface area (TPSA) is 67.9 Å². The lowest BCUT2D eigenvalue weighted by molar-refractivity contribution is 0.171. The second-order valence-corrected chi connectivity index (χ2v) is 8.95. The maximum atomic E-state index is 11.6. The van der Waals surface area contributed by atoms with Crippen molar-refractivity contribution >= 4 is 10.0 Å². The molecule has 4 rings (SSSR count). The molecular weight excluding hydrogens is 328 g/mol. The molecule has 3 aliphatic rings. The van der Waals surface area contributed by atoms with Gasteiger partial charge in [0, 0.05) is 25.7 Å². The molecule has 2 heterocycles. The minimum atomic E-state index is -3.17. The summed E-state index contributed by atoms with van der Waals surface area (Å²) in [5.74, 6) is 2.72. The minimum absolute atomic E-state index is 0.0321. The van der Waals surface area contributed by atoms with Gasteiger partial charge >= 0.3 is 0 Å². The molecule has 0 spiro atoms. The Labute approximate surface area is 143 Å². The number of nitrogens with zero attached hydrogens (tertiary/aromatic N) is 1. The Balaban J connectivity index is 1.45. The molecule has 1 N–H and O–H groups in total. The first-order valence-corrected chi connectivity index (χ1v) is 10.5. The van der Waals surface area contributed by atoms with Crippen molar-refractivity contribution < 1.29 is 17.9 Å². The first kappa shape index (κ1) is 16.2. The lowest BCUT2D eigenvalue weighted by Crippen LogP contribution is -2.40. The average Bonchev–Trinajstić information content (AvgIpc) is 3.29. The van der Waals surface area contributed by atoms with E-state index in [1.807, 2.05) is 12.1 Å². The van der Waals surface area contributed by atoms with Gasteiger partial charge in [0.2, 0.25) is 10.0 Å². The lowest BCUT2D eigenvalue weighted by atomic mass is 9.99. The van der Waals surface area contributed by atoms with Gasteiger partial charge < -0.3 is 9.47 Å². The van der Waals surface area contributed by atoms with E-state index in [4.69, 9.17) is 9.47 Å². The third kappa shape index (κ3) is 3.68. The second-order valence-electron chi connectivity index (χ2n) is 7.17. The lowest BCUT2D eigenvalue weighted by Gasteiger charge is -2.21. The third-order valence-corrected chi connectivity index (χ3v) is 5.78. The van der Waals surface area contributed by atoms with Gasteiger partial charge in [-0.1, -0.05) is 6.07 Å². The number of nitrogens with one attached hydrogen (secondary N) is 1. The Hall–Kier alpha value is -1.31. The fraction of sp³-hybridized carbons (Fsp3) is 0.647. The van der Waals surface area contributed by atoms with Crippen LogP contribution in [0.5, 0.6) is 11.5 Å². The first-order valence-electron chi connectivity index (χ1n) is 8.56. The molecule has 0 unspecified atom stereocenters.